The second-order valence-corrected chi connectivity index (χ2v) is 7.15. The van der Waals surface area contributed by atoms with Crippen molar-refractivity contribution in [2.24, 2.45) is 0 Å². The Balaban J connectivity index is 1.60. The number of rotatable bonds is 5. The third-order valence-electron chi connectivity index (χ3n) is 5.06. The fourth-order valence-corrected chi connectivity index (χ4v) is 3.66. The molecule has 0 saturated carbocycles. The van der Waals surface area contributed by atoms with Gasteiger partial charge < -0.3 is 19.4 Å². The zero-order valence-corrected chi connectivity index (χ0v) is 16.7. The number of aryl methyl sites for hydroxylation is 1. The van der Waals surface area contributed by atoms with Gasteiger partial charge in [0.1, 0.15) is 17.9 Å². The van der Waals surface area contributed by atoms with Crippen LogP contribution in [0.25, 0.3) is 11.3 Å². The minimum atomic E-state index is -0.661. The molecule has 4 rings (SSSR count). The number of pyridine rings is 1. The predicted octanol–water partition coefficient (Wildman–Crippen LogP) is 2.45. The average Bonchev–Trinajstić information content (AvgIpc) is 3.41. The number of oxazole rings is 1. The lowest BCUT2D eigenvalue weighted by atomic mass is 10.1. The second-order valence-electron chi connectivity index (χ2n) is 7.15. The predicted molar refractivity (Wildman–Crippen MR) is 109 cm³/mol. The Morgan fingerprint density at radius 3 is 2.87 bits per heavy atom. The molecule has 2 amide bonds. The van der Waals surface area contributed by atoms with E-state index in [0.29, 0.717) is 17.9 Å². The Bertz CT molecular complexity index is 1050. The van der Waals surface area contributed by atoms with Crippen molar-refractivity contribution in [1.82, 2.24) is 20.2 Å². The molecule has 8 nitrogen and oxygen atoms in total. The molecule has 1 aromatic carbocycles. The van der Waals surface area contributed by atoms with Gasteiger partial charge in [0.2, 0.25) is 5.91 Å². The number of hydrogen-bond donors (Lipinski definition) is 1. The molecule has 3 aromatic rings. The summed E-state index contributed by atoms with van der Waals surface area (Å²) in [7, 11) is 1.55. The second kappa shape index (κ2) is 8.36. The fourth-order valence-electron chi connectivity index (χ4n) is 3.66. The summed E-state index contributed by atoms with van der Waals surface area (Å²) in [5, 5.41) is 2.63. The number of ether oxygens (including phenoxy) is 1. The van der Waals surface area contributed by atoms with Crippen molar-refractivity contribution in [3.05, 3.63) is 66.4 Å². The standard InChI is InChI=1S/C22H22N4O4/c1-14-5-3-6-15(9-14)20-19(25-13-29-20)22(28)26-12-17(10-18(26)21(27)23-2)30-16-7-4-8-24-11-16/h3-9,11,13,17-18H,10,12H2,1-2H3,(H,23,27)/t17-,18-/m0/s1. The van der Waals surface area contributed by atoms with Gasteiger partial charge in [0.05, 0.1) is 12.7 Å². The molecule has 0 spiro atoms. The van der Waals surface area contributed by atoms with Crippen LogP contribution in [0.4, 0.5) is 0 Å². The van der Waals surface area contributed by atoms with Crippen LogP contribution >= 0.6 is 0 Å². The van der Waals surface area contributed by atoms with Crippen LogP contribution in [-0.2, 0) is 4.79 Å². The zero-order chi connectivity index (χ0) is 21.1. The van der Waals surface area contributed by atoms with Crippen molar-refractivity contribution in [2.45, 2.75) is 25.5 Å². The summed E-state index contributed by atoms with van der Waals surface area (Å²) in [5.41, 5.74) is 1.97. The van der Waals surface area contributed by atoms with Crippen LogP contribution in [0.1, 0.15) is 22.5 Å². The number of hydrogen-bond acceptors (Lipinski definition) is 6. The molecule has 1 aliphatic rings. The first kappa shape index (κ1) is 19.6. The molecule has 3 heterocycles. The number of likely N-dealkylation sites (N-methyl/N-ethyl adjacent to an activating group) is 1. The third-order valence-corrected chi connectivity index (χ3v) is 5.06. The van der Waals surface area contributed by atoms with Crippen molar-refractivity contribution >= 4 is 11.8 Å². The summed E-state index contributed by atoms with van der Waals surface area (Å²) in [4.78, 5) is 35.5. The highest BCUT2D eigenvalue weighted by molar-refractivity contribution is 6.00. The Labute approximate surface area is 173 Å². The molecule has 0 radical (unpaired) electrons. The number of aromatic nitrogens is 2. The Hall–Kier alpha value is -3.68. The van der Waals surface area contributed by atoms with Crippen LogP contribution in [0.3, 0.4) is 0 Å². The summed E-state index contributed by atoms with van der Waals surface area (Å²) in [6.07, 6.45) is 4.54. The maximum absolute atomic E-state index is 13.4. The van der Waals surface area contributed by atoms with E-state index in [9.17, 15) is 9.59 Å². The van der Waals surface area contributed by atoms with Gasteiger partial charge in [0.15, 0.2) is 17.8 Å². The lowest BCUT2D eigenvalue weighted by Gasteiger charge is -2.22. The summed E-state index contributed by atoms with van der Waals surface area (Å²) >= 11 is 0. The topological polar surface area (TPSA) is 97.6 Å². The average molecular weight is 406 g/mol. The fraction of sp³-hybridized carbons (Fsp3) is 0.273. The van der Waals surface area contributed by atoms with Crippen molar-refractivity contribution in [3.8, 4) is 17.1 Å². The van der Waals surface area contributed by atoms with Gasteiger partial charge >= 0.3 is 0 Å². The zero-order valence-electron chi connectivity index (χ0n) is 16.7. The van der Waals surface area contributed by atoms with Gasteiger partial charge in [-0.2, -0.15) is 0 Å². The summed E-state index contributed by atoms with van der Waals surface area (Å²) in [5.74, 6) is 0.359. The van der Waals surface area contributed by atoms with Crippen LogP contribution in [0.5, 0.6) is 5.75 Å². The molecular weight excluding hydrogens is 384 g/mol. The van der Waals surface area contributed by atoms with E-state index in [1.54, 1.807) is 31.6 Å². The lowest BCUT2D eigenvalue weighted by molar-refractivity contribution is -0.124. The van der Waals surface area contributed by atoms with Crippen LogP contribution in [0.15, 0.2) is 59.6 Å². The highest BCUT2D eigenvalue weighted by atomic mass is 16.5. The molecule has 1 fully saturated rings. The molecule has 1 aliphatic heterocycles. The first-order chi connectivity index (χ1) is 14.6. The Morgan fingerprint density at radius 2 is 2.13 bits per heavy atom. The number of carbonyl (C=O) groups is 2. The molecule has 0 unspecified atom stereocenters. The van der Waals surface area contributed by atoms with E-state index in [4.69, 9.17) is 9.15 Å². The number of amides is 2. The quantitative estimate of drug-likeness (QED) is 0.699. The molecular formula is C22H22N4O4. The maximum Gasteiger partial charge on any atom is 0.277 e. The largest absolute Gasteiger partial charge is 0.487 e. The SMILES string of the molecule is CNC(=O)[C@@H]1C[C@H](Oc2cccnc2)CN1C(=O)c1ncoc1-c1cccc(C)c1. The summed E-state index contributed by atoms with van der Waals surface area (Å²) < 4.78 is 11.5. The van der Waals surface area contributed by atoms with E-state index < -0.39 is 6.04 Å². The van der Waals surface area contributed by atoms with Crippen LogP contribution in [0, 0.1) is 6.92 Å². The normalized spacial score (nSPS) is 18.3. The number of nitrogens with zero attached hydrogens (tertiary/aromatic N) is 3. The Morgan fingerprint density at radius 1 is 1.27 bits per heavy atom. The first-order valence-corrected chi connectivity index (χ1v) is 9.66. The third kappa shape index (κ3) is 3.89. The van der Waals surface area contributed by atoms with Gasteiger partial charge in [-0.1, -0.05) is 23.8 Å². The van der Waals surface area contributed by atoms with Crippen molar-refractivity contribution in [3.63, 3.8) is 0 Å². The Kier molecular flexibility index (Phi) is 5.47. The minimum Gasteiger partial charge on any atom is -0.487 e. The van der Waals surface area contributed by atoms with Crippen LogP contribution < -0.4 is 10.1 Å². The van der Waals surface area contributed by atoms with Crippen LogP contribution in [0.2, 0.25) is 0 Å². The van der Waals surface area contributed by atoms with Gasteiger partial charge in [0.25, 0.3) is 5.91 Å². The van der Waals surface area contributed by atoms with Gasteiger partial charge in [-0.3, -0.25) is 14.6 Å². The van der Waals surface area contributed by atoms with Gasteiger partial charge in [0, 0.05) is 25.2 Å². The number of likely N-dealkylation sites (tertiary alicyclic amines) is 1. The molecule has 2 atom stereocenters. The number of nitrogens with one attached hydrogen (secondary N) is 1. The molecule has 30 heavy (non-hydrogen) atoms. The summed E-state index contributed by atoms with van der Waals surface area (Å²) in [6, 6.07) is 10.5. The molecule has 1 N–H and O–H groups in total. The minimum absolute atomic E-state index is 0.177. The van der Waals surface area contributed by atoms with Crippen molar-refractivity contribution < 1.29 is 18.7 Å². The number of carbonyl (C=O) groups excluding carboxylic acids is 2. The van der Waals surface area contributed by atoms with Gasteiger partial charge in [-0.15, -0.1) is 0 Å². The molecule has 0 aliphatic carbocycles. The van der Waals surface area contributed by atoms with Gasteiger partial charge in [-0.25, -0.2) is 4.98 Å². The van der Waals surface area contributed by atoms with E-state index in [1.165, 1.54) is 11.3 Å². The van der Waals surface area contributed by atoms with Gasteiger partial charge in [-0.05, 0) is 25.1 Å². The van der Waals surface area contributed by atoms with Crippen molar-refractivity contribution in [1.29, 1.82) is 0 Å². The highest BCUT2D eigenvalue weighted by Gasteiger charge is 2.42. The van der Waals surface area contributed by atoms with E-state index in [-0.39, 0.29) is 30.2 Å². The summed E-state index contributed by atoms with van der Waals surface area (Å²) in [6.45, 7) is 2.22. The molecule has 154 valence electrons. The van der Waals surface area contributed by atoms with E-state index in [0.717, 1.165) is 11.1 Å². The highest BCUT2D eigenvalue weighted by Crippen LogP contribution is 2.29. The molecule has 8 heteroatoms. The maximum atomic E-state index is 13.4. The lowest BCUT2D eigenvalue weighted by Crippen LogP contribution is -2.45. The van der Waals surface area contributed by atoms with Crippen LogP contribution in [-0.4, -0.2) is 52.4 Å². The molecule has 0 bridgehead atoms. The molecule has 2 aromatic heterocycles. The first-order valence-electron chi connectivity index (χ1n) is 9.66. The monoisotopic (exact) mass is 406 g/mol. The van der Waals surface area contributed by atoms with E-state index in [2.05, 4.69) is 15.3 Å². The smallest absolute Gasteiger partial charge is 0.277 e. The van der Waals surface area contributed by atoms with Crippen molar-refractivity contribution in [2.75, 3.05) is 13.6 Å². The van der Waals surface area contributed by atoms with E-state index >= 15 is 0 Å². The van der Waals surface area contributed by atoms with E-state index in [1.807, 2.05) is 31.2 Å². The molecule has 1 saturated heterocycles. The number of benzene rings is 1.